The van der Waals surface area contributed by atoms with Gasteiger partial charge in [-0.15, -0.1) is 0 Å². The molecule has 0 aliphatic carbocycles. The largest absolute Gasteiger partial charge is 0.444 e. The van der Waals surface area contributed by atoms with E-state index in [2.05, 4.69) is 35.8 Å². The predicted molar refractivity (Wildman–Crippen MR) is 124 cm³/mol. The number of nitrogens with one attached hydrogen (secondary N) is 3. The molecule has 1 saturated heterocycles. The van der Waals surface area contributed by atoms with Gasteiger partial charge in [-0.2, -0.15) is 0 Å². The van der Waals surface area contributed by atoms with Crippen LogP contribution in [0.25, 0.3) is 0 Å². The molecule has 2 heterocycles. The number of amides is 2. The number of guanidine groups is 1. The SMILES string of the molecule is CCNC(=NCCC(=O)N1CCN(c2ncccn2)CC1)NCCNC(=O)OC(C)(C)C. The zero-order valence-corrected chi connectivity index (χ0v) is 19.6. The third-order valence-corrected chi connectivity index (χ3v) is 4.49. The van der Waals surface area contributed by atoms with E-state index in [1.54, 1.807) is 18.5 Å². The average molecular weight is 449 g/mol. The molecule has 1 aromatic heterocycles. The highest BCUT2D eigenvalue weighted by Gasteiger charge is 2.22. The van der Waals surface area contributed by atoms with E-state index in [0.29, 0.717) is 70.7 Å². The molecule has 0 saturated carbocycles. The lowest BCUT2D eigenvalue weighted by Gasteiger charge is -2.34. The highest BCUT2D eigenvalue weighted by Crippen LogP contribution is 2.10. The molecule has 32 heavy (non-hydrogen) atoms. The molecule has 1 aliphatic heterocycles. The molecule has 11 nitrogen and oxygen atoms in total. The van der Waals surface area contributed by atoms with Gasteiger partial charge in [-0.05, 0) is 33.8 Å². The highest BCUT2D eigenvalue weighted by molar-refractivity contribution is 5.81. The van der Waals surface area contributed by atoms with Crippen molar-refractivity contribution < 1.29 is 14.3 Å². The van der Waals surface area contributed by atoms with Gasteiger partial charge in [0, 0.05) is 64.6 Å². The molecular weight excluding hydrogens is 412 g/mol. The topological polar surface area (TPSA) is 124 Å². The number of ether oxygens (including phenoxy) is 1. The first-order valence-electron chi connectivity index (χ1n) is 11.1. The molecule has 0 spiro atoms. The van der Waals surface area contributed by atoms with Crippen LogP contribution in [-0.4, -0.2) is 90.8 Å². The van der Waals surface area contributed by atoms with Crippen molar-refractivity contribution in [2.75, 3.05) is 57.3 Å². The minimum absolute atomic E-state index is 0.0878. The van der Waals surface area contributed by atoms with Gasteiger partial charge in [0.25, 0.3) is 0 Å². The van der Waals surface area contributed by atoms with Crippen LogP contribution in [0.1, 0.15) is 34.1 Å². The number of hydrogen-bond acceptors (Lipinski definition) is 7. The fourth-order valence-electron chi connectivity index (χ4n) is 3.03. The van der Waals surface area contributed by atoms with Gasteiger partial charge in [0.15, 0.2) is 5.96 Å². The third kappa shape index (κ3) is 9.36. The Hall–Kier alpha value is -3.11. The minimum atomic E-state index is -0.525. The molecule has 0 bridgehead atoms. The van der Waals surface area contributed by atoms with E-state index >= 15 is 0 Å². The first kappa shape index (κ1) is 25.2. The molecule has 2 rings (SSSR count). The Morgan fingerprint density at radius 3 is 2.34 bits per heavy atom. The lowest BCUT2D eigenvalue weighted by molar-refractivity contribution is -0.131. The molecule has 11 heteroatoms. The van der Waals surface area contributed by atoms with Gasteiger partial charge in [0.05, 0.1) is 6.54 Å². The van der Waals surface area contributed by atoms with Gasteiger partial charge in [0.2, 0.25) is 11.9 Å². The highest BCUT2D eigenvalue weighted by atomic mass is 16.6. The predicted octanol–water partition coefficient (Wildman–Crippen LogP) is 0.595. The molecule has 0 aromatic carbocycles. The zero-order chi connectivity index (χ0) is 23.4. The number of carbonyl (C=O) groups is 2. The van der Waals surface area contributed by atoms with E-state index in [1.165, 1.54) is 0 Å². The van der Waals surface area contributed by atoms with E-state index in [-0.39, 0.29) is 5.91 Å². The Kier molecular flexibility index (Phi) is 9.96. The molecule has 3 N–H and O–H groups in total. The smallest absolute Gasteiger partial charge is 0.407 e. The molecule has 0 atom stereocenters. The summed E-state index contributed by atoms with van der Waals surface area (Å²) in [6, 6.07) is 1.79. The maximum Gasteiger partial charge on any atom is 0.407 e. The number of hydrogen-bond donors (Lipinski definition) is 3. The standard InChI is InChI=1S/C21H36N8O3/c1-5-22-18(24-11-12-27-20(31)32-21(2,3)4)23-10-7-17(30)28-13-15-29(16-14-28)19-25-8-6-9-26-19/h6,8-9H,5,7,10-16H2,1-4H3,(H,27,31)(H2,22,23,24). The quantitative estimate of drug-likeness (QED) is 0.300. The number of piperazine rings is 1. The van der Waals surface area contributed by atoms with Crippen molar-refractivity contribution in [2.45, 2.75) is 39.7 Å². The second-order valence-electron chi connectivity index (χ2n) is 8.28. The Morgan fingerprint density at radius 1 is 1.06 bits per heavy atom. The molecule has 1 fully saturated rings. The lowest BCUT2D eigenvalue weighted by Crippen LogP contribution is -2.49. The number of anilines is 1. The first-order valence-corrected chi connectivity index (χ1v) is 11.1. The Bertz CT molecular complexity index is 743. The van der Waals surface area contributed by atoms with Gasteiger partial charge < -0.3 is 30.5 Å². The second kappa shape index (κ2) is 12.7. The second-order valence-corrected chi connectivity index (χ2v) is 8.28. The van der Waals surface area contributed by atoms with Crippen molar-refractivity contribution in [2.24, 2.45) is 4.99 Å². The van der Waals surface area contributed by atoms with Crippen LogP contribution in [0.15, 0.2) is 23.5 Å². The van der Waals surface area contributed by atoms with Crippen molar-refractivity contribution in [1.82, 2.24) is 30.8 Å². The zero-order valence-electron chi connectivity index (χ0n) is 19.6. The summed E-state index contributed by atoms with van der Waals surface area (Å²) in [5.41, 5.74) is -0.525. The third-order valence-electron chi connectivity index (χ3n) is 4.49. The van der Waals surface area contributed by atoms with Gasteiger partial charge in [-0.25, -0.2) is 14.8 Å². The summed E-state index contributed by atoms with van der Waals surface area (Å²) < 4.78 is 5.20. The summed E-state index contributed by atoms with van der Waals surface area (Å²) in [6.45, 7) is 12.1. The van der Waals surface area contributed by atoms with E-state index in [4.69, 9.17) is 4.74 Å². The van der Waals surface area contributed by atoms with Gasteiger partial charge in [0.1, 0.15) is 5.60 Å². The van der Waals surface area contributed by atoms with Crippen molar-refractivity contribution in [3.63, 3.8) is 0 Å². The summed E-state index contributed by atoms with van der Waals surface area (Å²) in [4.78, 5) is 41.1. The van der Waals surface area contributed by atoms with E-state index < -0.39 is 11.7 Å². The fraction of sp³-hybridized carbons (Fsp3) is 0.667. The van der Waals surface area contributed by atoms with Crippen LogP contribution in [0.4, 0.5) is 10.7 Å². The monoisotopic (exact) mass is 448 g/mol. The summed E-state index contributed by atoms with van der Waals surface area (Å²) in [7, 11) is 0. The first-order chi connectivity index (χ1) is 15.3. The van der Waals surface area contributed by atoms with Gasteiger partial charge in [-0.1, -0.05) is 0 Å². The van der Waals surface area contributed by atoms with Crippen molar-refractivity contribution in [1.29, 1.82) is 0 Å². The van der Waals surface area contributed by atoms with Crippen LogP contribution >= 0.6 is 0 Å². The van der Waals surface area contributed by atoms with Gasteiger partial charge >= 0.3 is 6.09 Å². The van der Waals surface area contributed by atoms with Crippen LogP contribution in [0.3, 0.4) is 0 Å². The number of rotatable bonds is 8. The van der Waals surface area contributed by atoms with Crippen molar-refractivity contribution in [3.8, 4) is 0 Å². The molecule has 0 unspecified atom stereocenters. The maximum absolute atomic E-state index is 12.5. The fourth-order valence-corrected chi connectivity index (χ4v) is 3.03. The van der Waals surface area contributed by atoms with Crippen LogP contribution < -0.4 is 20.9 Å². The number of nitrogens with zero attached hydrogens (tertiary/aromatic N) is 5. The molecule has 0 radical (unpaired) electrons. The number of aromatic nitrogens is 2. The Morgan fingerprint density at radius 2 is 1.72 bits per heavy atom. The van der Waals surface area contributed by atoms with Crippen LogP contribution in [0.2, 0.25) is 0 Å². The summed E-state index contributed by atoms with van der Waals surface area (Å²) in [6.07, 6.45) is 3.34. The van der Waals surface area contributed by atoms with E-state index in [1.807, 2.05) is 32.6 Å². The summed E-state index contributed by atoms with van der Waals surface area (Å²) >= 11 is 0. The maximum atomic E-state index is 12.5. The van der Waals surface area contributed by atoms with Gasteiger partial charge in [-0.3, -0.25) is 9.79 Å². The Balaban J connectivity index is 1.68. The molecule has 178 valence electrons. The van der Waals surface area contributed by atoms with Crippen LogP contribution in [-0.2, 0) is 9.53 Å². The van der Waals surface area contributed by atoms with Crippen LogP contribution in [0.5, 0.6) is 0 Å². The lowest BCUT2D eigenvalue weighted by atomic mass is 10.2. The molecule has 1 aliphatic rings. The minimum Gasteiger partial charge on any atom is -0.444 e. The average Bonchev–Trinajstić information content (AvgIpc) is 2.76. The molecule has 2 amide bonds. The molecular formula is C21H36N8O3. The van der Waals surface area contributed by atoms with Crippen LogP contribution in [0, 0.1) is 0 Å². The van der Waals surface area contributed by atoms with E-state index in [0.717, 1.165) is 0 Å². The number of aliphatic imine (C=N–C) groups is 1. The molecule has 1 aromatic rings. The summed E-state index contributed by atoms with van der Waals surface area (Å²) in [5.74, 6) is 1.40. The van der Waals surface area contributed by atoms with Crippen molar-refractivity contribution >= 4 is 23.9 Å². The van der Waals surface area contributed by atoms with Crippen molar-refractivity contribution in [3.05, 3.63) is 18.5 Å². The summed E-state index contributed by atoms with van der Waals surface area (Å²) in [5, 5.41) is 8.96. The van der Waals surface area contributed by atoms with E-state index in [9.17, 15) is 9.59 Å². The normalized spacial score (nSPS) is 14.7. The number of carbonyl (C=O) groups excluding carboxylic acids is 2. The Labute approximate surface area is 190 Å². The number of alkyl carbamates (subject to hydrolysis) is 1.